The van der Waals surface area contributed by atoms with Gasteiger partial charge in [0.05, 0.1) is 6.04 Å². The van der Waals surface area contributed by atoms with Crippen LogP contribution in [0, 0.1) is 0 Å². The predicted octanol–water partition coefficient (Wildman–Crippen LogP) is 2.50. The monoisotopic (exact) mass is 334 g/mol. The molecule has 1 aromatic carbocycles. The molecule has 6 heteroatoms. The largest absolute Gasteiger partial charge is 0.368 e. The Morgan fingerprint density at radius 3 is 2.94 bits per heavy atom. The van der Waals surface area contributed by atoms with E-state index >= 15 is 0 Å². The fourth-order valence-corrected chi connectivity index (χ4v) is 2.92. The molecule has 1 fully saturated rings. The third kappa shape index (κ3) is 3.02. The average Bonchev–Trinajstić information content (AvgIpc) is 2.64. The van der Waals surface area contributed by atoms with Crippen LogP contribution < -0.4 is 5.73 Å². The second-order valence-electron chi connectivity index (χ2n) is 4.42. The van der Waals surface area contributed by atoms with E-state index in [9.17, 15) is 9.18 Å². The number of halogens is 3. The Morgan fingerprint density at radius 2 is 2.33 bits per heavy atom. The Balaban J connectivity index is 2.15. The molecular weight excluding hydrogens is 322 g/mol. The summed E-state index contributed by atoms with van der Waals surface area (Å²) < 4.78 is 14.2. The highest BCUT2D eigenvalue weighted by atomic mass is 79.9. The third-order valence-corrected chi connectivity index (χ3v) is 3.91. The fraction of sp³-hybridized carbons (Fsp3) is 0.417. The van der Waals surface area contributed by atoms with Crippen LogP contribution in [-0.4, -0.2) is 29.6 Å². The molecule has 0 saturated carbocycles. The zero-order valence-corrected chi connectivity index (χ0v) is 11.9. The minimum atomic E-state index is -1.00. The van der Waals surface area contributed by atoms with Gasteiger partial charge in [0.25, 0.3) is 0 Å². The zero-order valence-electron chi connectivity index (χ0n) is 9.57. The van der Waals surface area contributed by atoms with Crippen molar-refractivity contribution in [1.29, 1.82) is 0 Å². The van der Waals surface area contributed by atoms with Gasteiger partial charge in [-0.1, -0.05) is 33.6 Å². The molecule has 1 aliphatic rings. The second kappa shape index (κ2) is 5.55. The lowest BCUT2D eigenvalue weighted by molar-refractivity contribution is -0.122. The van der Waals surface area contributed by atoms with Crippen molar-refractivity contribution in [3.63, 3.8) is 0 Å². The normalized spacial score (nSPS) is 24.4. The molecule has 98 valence electrons. The quantitative estimate of drug-likeness (QED) is 0.922. The van der Waals surface area contributed by atoms with Gasteiger partial charge in [0.2, 0.25) is 5.91 Å². The number of carbonyl (C=O) groups excluding carboxylic acids is 1. The Bertz CT molecular complexity index is 471. The summed E-state index contributed by atoms with van der Waals surface area (Å²) in [6, 6.07) is 4.96. The number of rotatable bonds is 3. The van der Waals surface area contributed by atoms with Crippen molar-refractivity contribution in [2.75, 3.05) is 6.54 Å². The van der Waals surface area contributed by atoms with Gasteiger partial charge in [-0.3, -0.25) is 9.69 Å². The summed E-state index contributed by atoms with van der Waals surface area (Å²) in [6.45, 7) is 0.653. The molecule has 0 spiro atoms. The number of nitrogens with zero attached hydrogens (tertiary/aromatic N) is 1. The van der Waals surface area contributed by atoms with E-state index in [1.807, 2.05) is 12.1 Å². The molecule has 1 amide bonds. The smallest absolute Gasteiger partial charge is 0.234 e. The van der Waals surface area contributed by atoms with Crippen LogP contribution in [0.15, 0.2) is 22.7 Å². The van der Waals surface area contributed by atoms with Crippen molar-refractivity contribution in [3.8, 4) is 0 Å². The maximum Gasteiger partial charge on any atom is 0.234 e. The first-order valence-corrected chi connectivity index (χ1v) is 6.76. The second-order valence-corrected chi connectivity index (χ2v) is 5.74. The molecule has 2 N–H and O–H groups in total. The van der Waals surface area contributed by atoms with E-state index in [1.165, 1.54) is 0 Å². The molecule has 2 atom stereocenters. The van der Waals surface area contributed by atoms with E-state index in [4.69, 9.17) is 17.3 Å². The van der Waals surface area contributed by atoms with Gasteiger partial charge in [0.15, 0.2) is 0 Å². The van der Waals surface area contributed by atoms with E-state index < -0.39 is 18.1 Å². The van der Waals surface area contributed by atoms with E-state index in [-0.39, 0.29) is 13.0 Å². The maximum absolute atomic E-state index is 13.4. The molecule has 1 heterocycles. The van der Waals surface area contributed by atoms with E-state index in [0.717, 1.165) is 10.0 Å². The van der Waals surface area contributed by atoms with Gasteiger partial charge in [0, 0.05) is 29.0 Å². The number of likely N-dealkylation sites (tertiary alicyclic amines) is 1. The van der Waals surface area contributed by atoms with Crippen molar-refractivity contribution in [1.82, 2.24) is 4.90 Å². The van der Waals surface area contributed by atoms with E-state index in [1.54, 1.807) is 11.0 Å². The molecule has 1 aliphatic heterocycles. The van der Waals surface area contributed by atoms with Gasteiger partial charge >= 0.3 is 0 Å². The van der Waals surface area contributed by atoms with Gasteiger partial charge in [0.1, 0.15) is 6.17 Å². The Morgan fingerprint density at radius 1 is 1.61 bits per heavy atom. The van der Waals surface area contributed by atoms with Crippen molar-refractivity contribution in [2.45, 2.75) is 25.2 Å². The lowest BCUT2D eigenvalue weighted by atomic mass is 10.1. The van der Waals surface area contributed by atoms with Gasteiger partial charge in [-0.15, -0.1) is 0 Å². The molecule has 0 aliphatic carbocycles. The lowest BCUT2D eigenvalue weighted by Crippen LogP contribution is -2.39. The van der Waals surface area contributed by atoms with Crippen LogP contribution >= 0.6 is 27.5 Å². The average molecular weight is 336 g/mol. The molecule has 18 heavy (non-hydrogen) atoms. The molecular formula is C12H13BrClFN2O. The summed E-state index contributed by atoms with van der Waals surface area (Å²) in [5, 5.41) is 0.593. The third-order valence-electron chi connectivity index (χ3n) is 3.07. The summed E-state index contributed by atoms with van der Waals surface area (Å²) in [6.07, 6.45) is -0.833. The number of amides is 1. The molecule has 0 aromatic heterocycles. The van der Waals surface area contributed by atoms with Crippen LogP contribution in [0.3, 0.4) is 0 Å². The maximum atomic E-state index is 13.4. The number of hydrogen-bond donors (Lipinski definition) is 1. The Labute approximate surface area is 118 Å². The summed E-state index contributed by atoms with van der Waals surface area (Å²) in [7, 11) is 0. The van der Waals surface area contributed by atoms with Crippen LogP contribution in [0.2, 0.25) is 5.02 Å². The van der Waals surface area contributed by atoms with Gasteiger partial charge in [-0.2, -0.15) is 0 Å². The van der Waals surface area contributed by atoms with Crippen molar-refractivity contribution in [2.24, 2.45) is 5.73 Å². The van der Waals surface area contributed by atoms with E-state index in [0.29, 0.717) is 11.6 Å². The van der Waals surface area contributed by atoms with Gasteiger partial charge in [-0.05, 0) is 17.7 Å². The fourth-order valence-electron chi connectivity index (χ4n) is 2.19. The molecule has 2 rings (SSSR count). The van der Waals surface area contributed by atoms with E-state index in [2.05, 4.69) is 15.9 Å². The van der Waals surface area contributed by atoms with Crippen molar-refractivity contribution < 1.29 is 9.18 Å². The number of benzene rings is 1. The highest BCUT2D eigenvalue weighted by molar-refractivity contribution is 9.10. The first kappa shape index (κ1) is 13.8. The summed E-state index contributed by atoms with van der Waals surface area (Å²) in [5.74, 6) is -0.483. The van der Waals surface area contributed by atoms with Gasteiger partial charge in [-0.25, -0.2) is 4.39 Å². The lowest BCUT2D eigenvalue weighted by Gasteiger charge is -2.21. The standard InChI is InChI=1S/C12H13BrClFN2O/c13-8-2-1-7(10(14)3-8)5-17-6-9(15)4-11(17)12(16)18/h1-3,9,11H,4-6H2,(H2,16,18)/t9-,11+/m1/s1. The van der Waals surface area contributed by atoms with Crippen LogP contribution in [0.25, 0.3) is 0 Å². The first-order valence-electron chi connectivity index (χ1n) is 5.58. The highest BCUT2D eigenvalue weighted by Gasteiger charge is 2.35. The SMILES string of the molecule is NC(=O)[C@@H]1C[C@@H](F)CN1Cc1ccc(Br)cc1Cl. The summed E-state index contributed by atoms with van der Waals surface area (Å²) >= 11 is 9.43. The molecule has 1 saturated heterocycles. The Hall–Kier alpha value is -0.650. The number of hydrogen-bond acceptors (Lipinski definition) is 2. The molecule has 1 aromatic rings. The van der Waals surface area contributed by atoms with Crippen LogP contribution in [0.1, 0.15) is 12.0 Å². The van der Waals surface area contributed by atoms with Crippen molar-refractivity contribution in [3.05, 3.63) is 33.3 Å². The highest BCUT2D eigenvalue weighted by Crippen LogP contribution is 2.27. The summed E-state index contributed by atoms with van der Waals surface area (Å²) in [5.41, 5.74) is 6.14. The van der Waals surface area contributed by atoms with Crippen LogP contribution in [0.5, 0.6) is 0 Å². The molecule has 0 radical (unpaired) electrons. The number of nitrogens with two attached hydrogens (primary N) is 1. The number of primary amides is 1. The Kier molecular flexibility index (Phi) is 4.25. The van der Waals surface area contributed by atoms with Crippen LogP contribution in [-0.2, 0) is 11.3 Å². The first-order chi connectivity index (χ1) is 8.47. The zero-order chi connectivity index (χ0) is 13.3. The van der Waals surface area contributed by atoms with Crippen LogP contribution in [0.4, 0.5) is 4.39 Å². The predicted molar refractivity (Wildman–Crippen MR) is 72.1 cm³/mol. The van der Waals surface area contributed by atoms with Gasteiger partial charge < -0.3 is 5.73 Å². The molecule has 0 bridgehead atoms. The minimum Gasteiger partial charge on any atom is -0.368 e. The number of carbonyl (C=O) groups is 1. The minimum absolute atomic E-state index is 0.170. The topological polar surface area (TPSA) is 46.3 Å². The molecule has 3 nitrogen and oxygen atoms in total. The number of alkyl halides is 1. The van der Waals surface area contributed by atoms with Crippen molar-refractivity contribution >= 4 is 33.4 Å². The summed E-state index contributed by atoms with van der Waals surface area (Å²) in [4.78, 5) is 13.0. The molecule has 0 unspecified atom stereocenters.